The Labute approximate surface area is 96.9 Å². The van der Waals surface area contributed by atoms with Crippen LogP contribution < -0.4 is 10.5 Å². The van der Waals surface area contributed by atoms with E-state index in [0.29, 0.717) is 0 Å². The van der Waals surface area contributed by atoms with Gasteiger partial charge in [0.25, 0.3) is 5.88 Å². The largest absolute Gasteiger partial charge is 0.506 e. The number of para-hydroxylation sites is 1. The summed E-state index contributed by atoms with van der Waals surface area (Å²) in [4.78, 5) is 7.66. The van der Waals surface area contributed by atoms with Gasteiger partial charge in [0, 0.05) is 12.4 Å². The molecule has 84 valence electrons. The standard InChI is InChI=1S/C11H8N4O2/c12-6-7-11(15-5-4-14-7)17-9-3-1-2-8(16)10(9)13/h1-5,16H,13H2. The van der Waals surface area contributed by atoms with Crippen molar-refractivity contribution in [3.05, 3.63) is 36.3 Å². The SMILES string of the molecule is N#Cc1nccnc1Oc1cccc(O)c1N. The number of rotatable bonds is 2. The highest BCUT2D eigenvalue weighted by Crippen LogP contribution is 2.33. The highest BCUT2D eigenvalue weighted by Gasteiger charge is 2.10. The van der Waals surface area contributed by atoms with Crippen LogP contribution in [0.3, 0.4) is 0 Å². The first kappa shape index (κ1) is 10.7. The van der Waals surface area contributed by atoms with Crippen molar-refractivity contribution in [2.24, 2.45) is 0 Å². The smallest absolute Gasteiger partial charge is 0.256 e. The van der Waals surface area contributed by atoms with Crippen molar-refractivity contribution in [1.29, 1.82) is 5.26 Å². The average molecular weight is 228 g/mol. The quantitative estimate of drug-likeness (QED) is 0.595. The van der Waals surface area contributed by atoms with E-state index < -0.39 is 0 Å². The second-order valence-corrected chi connectivity index (χ2v) is 3.11. The van der Waals surface area contributed by atoms with E-state index >= 15 is 0 Å². The maximum atomic E-state index is 9.40. The van der Waals surface area contributed by atoms with Gasteiger partial charge in [-0.15, -0.1) is 0 Å². The van der Waals surface area contributed by atoms with E-state index in [-0.39, 0.29) is 28.8 Å². The average Bonchev–Trinajstić information content (AvgIpc) is 2.35. The van der Waals surface area contributed by atoms with Crippen LogP contribution in [0.1, 0.15) is 5.69 Å². The molecule has 0 aliphatic carbocycles. The Morgan fingerprint density at radius 2 is 2.06 bits per heavy atom. The van der Waals surface area contributed by atoms with Gasteiger partial charge in [0.05, 0.1) is 0 Å². The second kappa shape index (κ2) is 4.37. The molecule has 0 unspecified atom stereocenters. The van der Waals surface area contributed by atoms with Crippen molar-refractivity contribution in [1.82, 2.24) is 9.97 Å². The van der Waals surface area contributed by atoms with Gasteiger partial charge in [0.2, 0.25) is 5.69 Å². The fraction of sp³-hybridized carbons (Fsp3) is 0. The molecular weight excluding hydrogens is 220 g/mol. The molecule has 1 aromatic heterocycles. The molecule has 0 saturated carbocycles. The second-order valence-electron chi connectivity index (χ2n) is 3.11. The number of aromatic nitrogens is 2. The molecule has 0 aliphatic heterocycles. The lowest BCUT2D eigenvalue weighted by molar-refractivity contribution is 0.447. The normalized spacial score (nSPS) is 9.59. The molecule has 1 aromatic carbocycles. The fourth-order valence-corrected chi connectivity index (χ4v) is 1.20. The number of phenols is 1. The molecule has 0 bridgehead atoms. The van der Waals surface area contributed by atoms with Crippen molar-refractivity contribution >= 4 is 5.69 Å². The Kier molecular flexibility index (Phi) is 2.75. The lowest BCUT2D eigenvalue weighted by Crippen LogP contribution is -1.97. The van der Waals surface area contributed by atoms with Crippen molar-refractivity contribution < 1.29 is 9.84 Å². The molecule has 17 heavy (non-hydrogen) atoms. The zero-order chi connectivity index (χ0) is 12.3. The third-order valence-electron chi connectivity index (χ3n) is 2.02. The van der Waals surface area contributed by atoms with Gasteiger partial charge in [-0.3, -0.25) is 0 Å². The summed E-state index contributed by atoms with van der Waals surface area (Å²) in [6.45, 7) is 0. The minimum Gasteiger partial charge on any atom is -0.506 e. The van der Waals surface area contributed by atoms with Crippen LogP contribution in [0, 0.1) is 11.3 Å². The highest BCUT2D eigenvalue weighted by atomic mass is 16.5. The molecular formula is C11H8N4O2. The van der Waals surface area contributed by atoms with E-state index in [1.165, 1.54) is 18.5 Å². The number of nitriles is 1. The van der Waals surface area contributed by atoms with Crippen molar-refractivity contribution in [2.45, 2.75) is 0 Å². The first-order chi connectivity index (χ1) is 8.22. The maximum Gasteiger partial charge on any atom is 0.256 e. The first-order valence-electron chi connectivity index (χ1n) is 4.69. The topological polar surface area (TPSA) is 105 Å². The highest BCUT2D eigenvalue weighted by molar-refractivity contribution is 5.62. The van der Waals surface area contributed by atoms with Crippen LogP contribution in [0.25, 0.3) is 0 Å². The summed E-state index contributed by atoms with van der Waals surface area (Å²) < 4.78 is 5.33. The Morgan fingerprint density at radius 3 is 2.82 bits per heavy atom. The fourth-order valence-electron chi connectivity index (χ4n) is 1.20. The molecule has 0 atom stereocenters. The van der Waals surface area contributed by atoms with Crippen LogP contribution in [-0.2, 0) is 0 Å². The third kappa shape index (κ3) is 2.08. The summed E-state index contributed by atoms with van der Waals surface area (Å²) in [5, 5.41) is 18.2. The van der Waals surface area contributed by atoms with Gasteiger partial charge in [-0.25, -0.2) is 9.97 Å². The number of nitrogen functional groups attached to an aromatic ring is 1. The lowest BCUT2D eigenvalue weighted by Gasteiger charge is -2.08. The minimum atomic E-state index is -0.0927. The molecule has 0 saturated heterocycles. The maximum absolute atomic E-state index is 9.40. The van der Waals surface area contributed by atoms with Gasteiger partial charge < -0.3 is 15.6 Å². The van der Waals surface area contributed by atoms with Crippen molar-refractivity contribution in [3.8, 4) is 23.4 Å². The van der Waals surface area contributed by atoms with Gasteiger partial charge in [0.1, 0.15) is 17.5 Å². The summed E-state index contributed by atoms with van der Waals surface area (Å²) >= 11 is 0. The lowest BCUT2D eigenvalue weighted by atomic mass is 10.3. The first-order valence-corrected chi connectivity index (χ1v) is 4.69. The molecule has 6 nitrogen and oxygen atoms in total. The number of nitrogens with two attached hydrogens (primary N) is 1. The molecule has 6 heteroatoms. The van der Waals surface area contributed by atoms with E-state index in [1.807, 2.05) is 6.07 Å². The number of hydrogen-bond acceptors (Lipinski definition) is 6. The van der Waals surface area contributed by atoms with Crippen LogP contribution >= 0.6 is 0 Å². The molecule has 2 aromatic rings. The third-order valence-corrected chi connectivity index (χ3v) is 2.02. The summed E-state index contributed by atoms with van der Waals surface area (Å²) in [6.07, 6.45) is 2.78. The van der Waals surface area contributed by atoms with Crippen LogP contribution in [-0.4, -0.2) is 15.1 Å². The molecule has 1 heterocycles. The molecule has 0 fully saturated rings. The number of nitrogens with zero attached hydrogens (tertiary/aromatic N) is 3. The number of benzene rings is 1. The Morgan fingerprint density at radius 1 is 1.29 bits per heavy atom. The van der Waals surface area contributed by atoms with Gasteiger partial charge in [-0.1, -0.05) is 6.07 Å². The predicted octanol–water partition coefficient (Wildman–Crippen LogP) is 1.43. The number of hydrogen-bond donors (Lipinski definition) is 2. The number of aromatic hydroxyl groups is 1. The number of anilines is 1. The predicted molar refractivity (Wildman–Crippen MR) is 59.3 cm³/mol. The molecule has 0 spiro atoms. The zero-order valence-electron chi connectivity index (χ0n) is 8.66. The number of phenolic OH excluding ortho intramolecular Hbond substituents is 1. The number of ether oxygens (including phenoxy) is 1. The Balaban J connectivity index is 2.39. The molecule has 3 N–H and O–H groups in total. The molecule has 0 aliphatic rings. The van der Waals surface area contributed by atoms with Crippen molar-refractivity contribution in [2.75, 3.05) is 5.73 Å². The van der Waals surface area contributed by atoms with Gasteiger partial charge in [-0.05, 0) is 12.1 Å². The van der Waals surface area contributed by atoms with Gasteiger partial charge in [-0.2, -0.15) is 5.26 Å². The summed E-state index contributed by atoms with van der Waals surface area (Å²) in [7, 11) is 0. The van der Waals surface area contributed by atoms with E-state index in [9.17, 15) is 5.11 Å². The molecule has 0 radical (unpaired) electrons. The van der Waals surface area contributed by atoms with Gasteiger partial charge in [0.15, 0.2) is 5.75 Å². The minimum absolute atomic E-state index is 0.0484. The van der Waals surface area contributed by atoms with E-state index in [2.05, 4.69) is 9.97 Å². The molecule has 0 amide bonds. The van der Waals surface area contributed by atoms with Crippen molar-refractivity contribution in [3.63, 3.8) is 0 Å². The monoisotopic (exact) mass is 228 g/mol. The van der Waals surface area contributed by atoms with Crippen LogP contribution in [0.15, 0.2) is 30.6 Å². The molecule has 2 rings (SSSR count). The van der Waals surface area contributed by atoms with Crippen LogP contribution in [0.5, 0.6) is 17.4 Å². The van der Waals surface area contributed by atoms with E-state index in [4.69, 9.17) is 15.7 Å². The summed E-state index contributed by atoms with van der Waals surface area (Å²) in [5.41, 5.74) is 5.75. The Hall–Kier alpha value is -2.81. The van der Waals surface area contributed by atoms with Crippen LogP contribution in [0.4, 0.5) is 5.69 Å². The van der Waals surface area contributed by atoms with E-state index in [0.717, 1.165) is 0 Å². The van der Waals surface area contributed by atoms with Crippen LogP contribution in [0.2, 0.25) is 0 Å². The van der Waals surface area contributed by atoms with E-state index in [1.54, 1.807) is 12.1 Å². The Bertz CT molecular complexity index is 592. The van der Waals surface area contributed by atoms with Gasteiger partial charge >= 0.3 is 0 Å². The summed E-state index contributed by atoms with van der Waals surface area (Å²) in [6, 6.07) is 6.42. The summed E-state index contributed by atoms with van der Waals surface area (Å²) in [5.74, 6) is 0.180. The zero-order valence-corrected chi connectivity index (χ0v) is 8.66.